The molecule has 3 N–H and O–H groups in total. The molecule has 0 radical (unpaired) electrons. The van der Waals surface area contributed by atoms with Gasteiger partial charge in [-0.1, -0.05) is 18.7 Å². The first-order valence-electron chi connectivity index (χ1n) is 7.28. The maximum atomic E-state index is 12.1. The molecular weight excluding hydrogens is 290 g/mol. The Balaban J connectivity index is 1.68. The lowest BCUT2D eigenvalue weighted by Gasteiger charge is -2.09. The summed E-state index contributed by atoms with van der Waals surface area (Å²) in [5.74, 6) is -0.0413. The van der Waals surface area contributed by atoms with Crippen LogP contribution in [0.2, 0.25) is 0 Å². The van der Waals surface area contributed by atoms with Crippen LogP contribution in [0.5, 0.6) is 0 Å². The number of rotatable bonds is 3. The van der Waals surface area contributed by atoms with Crippen LogP contribution in [0, 0.1) is 0 Å². The Kier molecular flexibility index (Phi) is 3.85. The maximum absolute atomic E-state index is 12.1. The first-order valence-corrected chi connectivity index (χ1v) is 7.28. The molecule has 2 aromatic rings. The van der Waals surface area contributed by atoms with Crippen LogP contribution in [-0.2, 0) is 6.42 Å². The number of fused-ring (bicyclic) bond motifs is 1. The van der Waals surface area contributed by atoms with Crippen molar-refractivity contribution in [3.63, 3.8) is 0 Å². The van der Waals surface area contributed by atoms with E-state index in [1.54, 1.807) is 24.3 Å². The second-order valence-corrected chi connectivity index (χ2v) is 5.49. The minimum Gasteiger partial charge on any atom is -0.359 e. The number of carbonyl (C=O) groups is 2. The minimum absolute atomic E-state index is 0.0413. The van der Waals surface area contributed by atoms with Crippen molar-refractivity contribution in [2.75, 3.05) is 16.0 Å². The van der Waals surface area contributed by atoms with Crippen molar-refractivity contribution in [3.8, 4) is 0 Å². The van der Waals surface area contributed by atoms with E-state index in [4.69, 9.17) is 0 Å². The number of amides is 2. The lowest BCUT2D eigenvalue weighted by atomic mass is 10.1. The molecule has 116 valence electrons. The van der Waals surface area contributed by atoms with Gasteiger partial charge in [0.05, 0.1) is 0 Å². The number of ketones is 1. The lowest BCUT2D eigenvalue weighted by Crippen LogP contribution is -2.19. The second-order valence-electron chi connectivity index (χ2n) is 5.49. The van der Waals surface area contributed by atoms with Crippen LogP contribution in [0.15, 0.2) is 54.7 Å². The number of nitrogens with one attached hydrogen (secondary N) is 3. The Morgan fingerprint density at radius 3 is 2.57 bits per heavy atom. The Morgan fingerprint density at radius 2 is 1.83 bits per heavy atom. The van der Waals surface area contributed by atoms with Crippen molar-refractivity contribution in [2.24, 2.45) is 0 Å². The molecule has 23 heavy (non-hydrogen) atoms. The molecule has 5 nitrogen and oxygen atoms in total. The van der Waals surface area contributed by atoms with Crippen molar-refractivity contribution in [1.82, 2.24) is 0 Å². The second kappa shape index (κ2) is 5.96. The van der Waals surface area contributed by atoms with Gasteiger partial charge in [0.1, 0.15) is 0 Å². The first kappa shape index (κ1) is 14.8. The highest BCUT2D eigenvalue weighted by Crippen LogP contribution is 2.29. The Morgan fingerprint density at radius 1 is 1.09 bits per heavy atom. The monoisotopic (exact) mass is 307 g/mol. The normalized spacial score (nSPS) is 12.3. The standard InChI is InChI=1S/C18H17N3O2/c1-11-8-14-10-16(6-7-17(14)19-11)21-18(23)20-15-5-3-4-13(9-15)12(2)22/h3-7,9-10,19H,1,8H2,2H3,(H2,20,21,23). The number of hydrogen-bond acceptors (Lipinski definition) is 3. The molecule has 0 spiro atoms. The van der Waals surface area contributed by atoms with E-state index in [9.17, 15) is 9.59 Å². The Hall–Kier alpha value is -3.08. The Bertz CT molecular complexity index is 812. The predicted octanol–water partition coefficient (Wildman–Crippen LogP) is 4.01. The van der Waals surface area contributed by atoms with Crippen LogP contribution in [0.1, 0.15) is 22.8 Å². The van der Waals surface area contributed by atoms with Gasteiger partial charge in [0.25, 0.3) is 0 Å². The van der Waals surface area contributed by atoms with Gasteiger partial charge in [-0.2, -0.15) is 0 Å². The lowest BCUT2D eigenvalue weighted by molar-refractivity contribution is 0.101. The Labute approximate surface area is 134 Å². The molecule has 0 saturated carbocycles. The van der Waals surface area contributed by atoms with Crippen LogP contribution < -0.4 is 16.0 Å². The first-order chi connectivity index (χ1) is 11.0. The van der Waals surface area contributed by atoms with Gasteiger partial charge in [0.15, 0.2) is 5.78 Å². The number of anilines is 3. The van der Waals surface area contributed by atoms with E-state index in [1.165, 1.54) is 6.92 Å². The summed E-state index contributed by atoms with van der Waals surface area (Å²) < 4.78 is 0. The highest BCUT2D eigenvalue weighted by atomic mass is 16.2. The summed E-state index contributed by atoms with van der Waals surface area (Å²) in [6.07, 6.45) is 0.757. The van der Waals surface area contributed by atoms with Crippen LogP contribution in [-0.4, -0.2) is 11.8 Å². The van der Waals surface area contributed by atoms with E-state index in [0.29, 0.717) is 16.9 Å². The van der Waals surface area contributed by atoms with Crippen LogP contribution >= 0.6 is 0 Å². The average Bonchev–Trinajstić information content (AvgIpc) is 2.86. The zero-order valence-electron chi connectivity index (χ0n) is 12.8. The van der Waals surface area contributed by atoms with Gasteiger partial charge in [-0.3, -0.25) is 4.79 Å². The molecule has 1 aliphatic heterocycles. The highest BCUT2D eigenvalue weighted by molar-refractivity contribution is 6.01. The maximum Gasteiger partial charge on any atom is 0.323 e. The van der Waals surface area contributed by atoms with Gasteiger partial charge in [0.2, 0.25) is 0 Å². The van der Waals surface area contributed by atoms with E-state index in [-0.39, 0.29) is 11.8 Å². The van der Waals surface area contributed by atoms with E-state index in [2.05, 4.69) is 22.5 Å². The molecule has 2 amide bonds. The summed E-state index contributed by atoms with van der Waals surface area (Å²) in [4.78, 5) is 23.5. The third-order valence-corrected chi connectivity index (χ3v) is 3.61. The SMILES string of the molecule is C=C1Cc2cc(NC(=O)Nc3cccc(C(C)=O)c3)ccc2N1. The smallest absolute Gasteiger partial charge is 0.323 e. The average molecular weight is 307 g/mol. The third-order valence-electron chi connectivity index (χ3n) is 3.61. The van der Waals surface area contributed by atoms with Gasteiger partial charge < -0.3 is 16.0 Å². The van der Waals surface area contributed by atoms with Crippen molar-refractivity contribution in [3.05, 3.63) is 65.9 Å². The molecule has 3 rings (SSSR count). The molecule has 1 aliphatic rings. The predicted molar refractivity (Wildman–Crippen MR) is 92.0 cm³/mol. The molecule has 2 aromatic carbocycles. The van der Waals surface area contributed by atoms with Crippen LogP contribution in [0.25, 0.3) is 0 Å². The number of carbonyl (C=O) groups excluding carboxylic acids is 2. The van der Waals surface area contributed by atoms with Gasteiger partial charge >= 0.3 is 6.03 Å². The number of allylic oxidation sites excluding steroid dienone is 1. The molecule has 0 aromatic heterocycles. The number of benzene rings is 2. The van der Waals surface area contributed by atoms with Crippen LogP contribution in [0.4, 0.5) is 21.9 Å². The summed E-state index contributed by atoms with van der Waals surface area (Å²) in [6, 6.07) is 12.2. The van der Waals surface area contributed by atoms with Crippen molar-refractivity contribution in [1.29, 1.82) is 0 Å². The highest BCUT2D eigenvalue weighted by Gasteiger charge is 2.14. The molecule has 0 fully saturated rings. The zero-order valence-corrected chi connectivity index (χ0v) is 12.8. The molecule has 0 atom stereocenters. The van der Waals surface area contributed by atoms with Gasteiger partial charge in [-0.15, -0.1) is 0 Å². The fourth-order valence-electron chi connectivity index (χ4n) is 2.51. The van der Waals surface area contributed by atoms with Gasteiger partial charge in [-0.25, -0.2) is 4.79 Å². The summed E-state index contributed by atoms with van der Waals surface area (Å²) >= 11 is 0. The number of hydrogen-bond donors (Lipinski definition) is 3. The van der Waals surface area contributed by atoms with Gasteiger partial charge in [-0.05, 0) is 42.8 Å². The molecular formula is C18H17N3O2. The largest absolute Gasteiger partial charge is 0.359 e. The quantitative estimate of drug-likeness (QED) is 0.750. The van der Waals surface area contributed by atoms with Crippen LogP contribution in [0.3, 0.4) is 0 Å². The summed E-state index contributed by atoms with van der Waals surface area (Å²) in [5, 5.41) is 8.70. The summed E-state index contributed by atoms with van der Waals surface area (Å²) in [7, 11) is 0. The topological polar surface area (TPSA) is 70.2 Å². The molecule has 1 heterocycles. The number of urea groups is 1. The molecule has 0 bridgehead atoms. The van der Waals surface area contributed by atoms with E-state index >= 15 is 0 Å². The molecule has 0 saturated heterocycles. The van der Waals surface area contributed by atoms with E-state index in [0.717, 1.165) is 23.4 Å². The fraction of sp³-hybridized carbons (Fsp3) is 0.111. The third kappa shape index (κ3) is 3.40. The van der Waals surface area contributed by atoms with Crippen molar-refractivity contribution < 1.29 is 9.59 Å². The zero-order chi connectivity index (χ0) is 16.4. The molecule has 0 unspecified atom stereocenters. The molecule has 5 heteroatoms. The van der Waals surface area contributed by atoms with E-state index in [1.807, 2.05) is 18.2 Å². The summed E-state index contributed by atoms with van der Waals surface area (Å²) in [6.45, 7) is 5.39. The fourth-order valence-corrected chi connectivity index (χ4v) is 2.51. The minimum atomic E-state index is -0.351. The van der Waals surface area contributed by atoms with Gasteiger partial charge in [0, 0.05) is 34.7 Å². The molecule has 0 aliphatic carbocycles. The van der Waals surface area contributed by atoms with Crippen molar-refractivity contribution >= 4 is 28.9 Å². The summed E-state index contributed by atoms with van der Waals surface area (Å²) in [5.41, 5.74) is 4.92. The number of Topliss-reactive ketones (excluding diaryl/α,β-unsaturated/α-hetero) is 1. The van der Waals surface area contributed by atoms with E-state index < -0.39 is 0 Å². The van der Waals surface area contributed by atoms with Crippen molar-refractivity contribution in [2.45, 2.75) is 13.3 Å².